The number of rotatable bonds is 2. The number of carbonyl (C=O) groups excluding carboxylic acids is 1. The molecule has 3 nitrogen and oxygen atoms in total. The van der Waals surface area contributed by atoms with Gasteiger partial charge in [0.15, 0.2) is 0 Å². The Balaban J connectivity index is 2.33. The predicted molar refractivity (Wildman–Crippen MR) is 37.3 cm³/mol. The summed E-state index contributed by atoms with van der Waals surface area (Å²) in [6, 6.07) is 0. The van der Waals surface area contributed by atoms with E-state index in [0.29, 0.717) is 13.2 Å². The van der Waals surface area contributed by atoms with Gasteiger partial charge in [0.2, 0.25) is 0 Å². The molecule has 0 saturated heterocycles. The topological polar surface area (TPSA) is 38.3 Å². The molecule has 0 bridgehead atoms. The molecular weight excluding hydrogens is 130 g/mol. The van der Waals surface area contributed by atoms with Crippen molar-refractivity contribution in [2.45, 2.75) is 6.92 Å². The van der Waals surface area contributed by atoms with Crippen LogP contribution in [-0.2, 0) is 9.53 Å². The molecule has 0 aliphatic carbocycles. The van der Waals surface area contributed by atoms with Crippen molar-refractivity contribution in [2.24, 2.45) is 5.92 Å². The van der Waals surface area contributed by atoms with Crippen LogP contribution in [0.2, 0.25) is 0 Å². The van der Waals surface area contributed by atoms with Crippen molar-refractivity contribution in [3.05, 3.63) is 12.3 Å². The molecule has 10 heavy (non-hydrogen) atoms. The summed E-state index contributed by atoms with van der Waals surface area (Å²) in [6.45, 7) is 2.95. The summed E-state index contributed by atoms with van der Waals surface area (Å²) in [4.78, 5) is 10.9. The van der Waals surface area contributed by atoms with Crippen LogP contribution in [0.3, 0.4) is 0 Å². The lowest BCUT2D eigenvalue weighted by molar-refractivity contribution is -0.145. The fourth-order valence-corrected chi connectivity index (χ4v) is 0.858. The van der Waals surface area contributed by atoms with E-state index in [4.69, 9.17) is 4.74 Å². The lowest BCUT2D eigenvalue weighted by Gasteiger charge is -2.04. The minimum atomic E-state index is -0.135. The van der Waals surface area contributed by atoms with Crippen LogP contribution in [0.5, 0.6) is 0 Å². The Morgan fingerprint density at radius 3 is 3.20 bits per heavy atom. The molecule has 0 aromatic heterocycles. The molecule has 0 spiro atoms. The maximum atomic E-state index is 10.9. The van der Waals surface area contributed by atoms with Gasteiger partial charge in [-0.1, -0.05) is 6.08 Å². The summed E-state index contributed by atoms with van der Waals surface area (Å²) < 4.78 is 4.80. The summed E-state index contributed by atoms with van der Waals surface area (Å²) >= 11 is 0. The molecule has 0 aromatic rings. The van der Waals surface area contributed by atoms with E-state index in [9.17, 15) is 4.79 Å². The highest BCUT2D eigenvalue weighted by Crippen LogP contribution is 2.04. The fourth-order valence-electron chi connectivity index (χ4n) is 0.858. The number of ether oxygens (including phenoxy) is 1. The second kappa shape index (κ2) is 3.25. The fraction of sp³-hybridized carbons (Fsp3) is 0.571. The van der Waals surface area contributed by atoms with Gasteiger partial charge >= 0.3 is 5.97 Å². The molecule has 1 aliphatic rings. The Kier molecular flexibility index (Phi) is 2.31. The molecule has 1 N–H and O–H groups in total. The largest absolute Gasteiger partial charge is 0.465 e. The van der Waals surface area contributed by atoms with E-state index in [1.807, 2.05) is 13.0 Å². The first-order chi connectivity index (χ1) is 4.84. The zero-order valence-electron chi connectivity index (χ0n) is 5.96. The van der Waals surface area contributed by atoms with Gasteiger partial charge in [-0.2, -0.15) is 0 Å². The molecule has 56 valence electrons. The van der Waals surface area contributed by atoms with Gasteiger partial charge in [-0.05, 0) is 13.1 Å². The number of hydrogen-bond donors (Lipinski definition) is 1. The minimum Gasteiger partial charge on any atom is -0.465 e. The normalized spacial score (nSPS) is 22.3. The van der Waals surface area contributed by atoms with E-state index in [1.165, 1.54) is 0 Å². The minimum absolute atomic E-state index is 0.0695. The first-order valence-electron chi connectivity index (χ1n) is 3.41. The van der Waals surface area contributed by atoms with Gasteiger partial charge < -0.3 is 10.1 Å². The lowest BCUT2D eigenvalue weighted by Crippen LogP contribution is -2.20. The first-order valence-corrected chi connectivity index (χ1v) is 3.41. The Labute approximate surface area is 60.1 Å². The molecular formula is C7H11NO2. The number of hydrogen-bond acceptors (Lipinski definition) is 3. The molecule has 1 rings (SSSR count). The second-order valence-corrected chi connectivity index (χ2v) is 2.13. The smallest absolute Gasteiger partial charge is 0.314 e. The average Bonchev–Trinajstić information content (AvgIpc) is 2.38. The van der Waals surface area contributed by atoms with Crippen molar-refractivity contribution in [2.75, 3.05) is 13.2 Å². The van der Waals surface area contributed by atoms with Crippen LogP contribution in [0, 0.1) is 5.92 Å². The van der Waals surface area contributed by atoms with Gasteiger partial charge in [0, 0.05) is 6.54 Å². The molecule has 0 saturated carbocycles. The summed E-state index contributed by atoms with van der Waals surface area (Å²) in [5.41, 5.74) is 0. The number of nitrogens with one attached hydrogen (secondary N) is 1. The summed E-state index contributed by atoms with van der Waals surface area (Å²) in [5, 5.41) is 2.93. The maximum absolute atomic E-state index is 10.9. The van der Waals surface area contributed by atoms with E-state index in [1.54, 1.807) is 6.20 Å². The molecule has 1 atom stereocenters. The average molecular weight is 141 g/mol. The highest BCUT2D eigenvalue weighted by molar-refractivity contribution is 5.75. The Hall–Kier alpha value is -0.990. The third-order valence-electron chi connectivity index (χ3n) is 1.37. The summed E-state index contributed by atoms with van der Waals surface area (Å²) in [5.74, 6) is -0.205. The van der Waals surface area contributed by atoms with Gasteiger partial charge in [-0.3, -0.25) is 4.79 Å². The van der Waals surface area contributed by atoms with Crippen LogP contribution in [-0.4, -0.2) is 19.1 Å². The quantitative estimate of drug-likeness (QED) is 0.561. The van der Waals surface area contributed by atoms with Crippen LogP contribution < -0.4 is 5.32 Å². The van der Waals surface area contributed by atoms with Crippen LogP contribution in [0.1, 0.15) is 6.92 Å². The zero-order chi connectivity index (χ0) is 7.40. The van der Waals surface area contributed by atoms with E-state index in [-0.39, 0.29) is 11.9 Å². The van der Waals surface area contributed by atoms with Crippen molar-refractivity contribution >= 4 is 5.97 Å². The zero-order valence-corrected chi connectivity index (χ0v) is 5.96. The highest BCUT2D eigenvalue weighted by atomic mass is 16.5. The SMILES string of the molecule is CCOC(=O)C1C=CNC1. The molecule has 1 unspecified atom stereocenters. The maximum Gasteiger partial charge on any atom is 0.314 e. The van der Waals surface area contributed by atoms with Gasteiger partial charge in [-0.15, -0.1) is 0 Å². The third-order valence-corrected chi connectivity index (χ3v) is 1.37. The molecule has 0 radical (unpaired) electrons. The first kappa shape index (κ1) is 7.12. The van der Waals surface area contributed by atoms with Crippen LogP contribution in [0.4, 0.5) is 0 Å². The van der Waals surface area contributed by atoms with Crippen molar-refractivity contribution in [3.8, 4) is 0 Å². The van der Waals surface area contributed by atoms with Gasteiger partial charge in [-0.25, -0.2) is 0 Å². The molecule has 1 aliphatic heterocycles. The highest BCUT2D eigenvalue weighted by Gasteiger charge is 2.18. The van der Waals surface area contributed by atoms with Gasteiger partial charge in [0.25, 0.3) is 0 Å². The van der Waals surface area contributed by atoms with E-state index in [2.05, 4.69) is 5.32 Å². The standard InChI is InChI=1S/C7H11NO2/c1-2-10-7(9)6-3-4-8-5-6/h3-4,6,8H,2,5H2,1H3. The van der Waals surface area contributed by atoms with Crippen LogP contribution >= 0.6 is 0 Å². The number of carbonyl (C=O) groups is 1. The van der Waals surface area contributed by atoms with Crippen molar-refractivity contribution in [3.63, 3.8) is 0 Å². The summed E-state index contributed by atoms with van der Waals surface area (Å²) in [7, 11) is 0. The van der Waals surface area contributed by atoms with Crippen LogP contribution in [0.25, 0.3) is 0 Å². The summed E-state index contributed by atoms with van der Waals surface area (Å²) in [6.07, 6.45) is 3.60. The van der Waals surface area contributed by atoms with Crippen molar-refractivity contribution in [1.82, 2.24) is 5.32 Å². The van der Waals surface area contributed by atoms with Gasteiger partial charge in [0.05, 0.1) is 12.5 Å². The van der Waals surface area contributed by atoms with E-state index in [0.717, 1.165) is 0 Å². The Bertz CT molecular complexity index is 154. The monoisotopic (exact) mass is 141 g/mol. The molecule has 0 aromatic carbocycles. The second-order valence-electron chi connectivity index (χ2n) is 2.13. The third kappa shape index (κ3) is 1.50. The predicted octanol–water partition coefficient (Wildman–Crippen LogP) is 0.283. The Morgan fingerprint density at radius 1 is 1.90 bits per heavy atom. The Morgan fingerprint density at radius 2 is 2.70 bits per heavy atom. The molecule has 3 heteroatoms. The molecule has 0 fully saturated rings. The lowest BCUT2D eigenvalue weighted by atomic mass is 10.2. The van der Waals surface area contributed by atoms with Crippen molar-refractivity contribution < 1.29 is 9.53 Å². The van der Waals surface area contributed by atoms with Crippen LogP contribution in [0.15, 0.2) is 12.3 Å². The molecule has 1 heterocycles. The van der Waals surface area contributed by atoms with Gasteiger partial charge in [0.1, 0.15) is 0 Å². The van der Waals surface area contributed by atoms with Crippen molar-refractivity contribution in [1.29, 1.82) is 0 Å². The number of esters is 1. The van der Waals surface area contributed by atoms with E-state index < -0.39 is 0 Å². The van der Waals surface area contributed by atoms with E-state index >= 15 is 0 Å². The molecule has 0 amide bonds.